The fourth-order valence-corrected chi connectivity index (χ4v) is 2.47. The molecule has 7 heteroatoms. The molecule has 0 aliphatic heterocycles. The van der Waals surface area contributed by atoms with Crippen molar-refractivity contribution in [1.82, 2.24) is 9.78 Å². The van der Waals surface area contributed by atoms with Gasteiger partial charge in [0.05, 0.1) is 27.8 Å². The van der Waals surface area contributed by atoms with E-state index in [4.69, 9.17) is 0 Å². The number of carbonyl (C=O) groups is 1. The van der Waals surface area contributed by atoms with Gasteiger partial charge in [0.15, 0.2) is 5.78 Å². The first kappa shape index (κ1) is 15.8. The number of Topliss-reactive ketones (excluding diaryl/α,β-unsaturated/α-hetero) is 1. The molecule has 0 saturated heterocycles. The minimum atomic E-state index is -4.46. The highest BCUT2D eigenvalue weighted by molar-refractivity contribution is 9.10. The van der Waals surface area contributed by atoms with Crippen molar-refractivity contribution in [2.45, 2.75) is 19.5 Å². The molecule has 112 valence electrons. The Bertz CT molecular complexity index is 692. The smallest absolute Gasteiger partial charge is 0.294 e. The monoisotopic (exact) mass is 360 g/mol. The van der Waals surface area contributed by atoms with Crippen LogP contribution >= 0.6 is 15.9 Å². The maximum Gasteiger partial charge on any atom is 0.416 e. The molecule has 0 amide bonds. The molecule has 21 heavy (non-hydrogen) atoms. The zero-order chi connectivity index (χ0) is 15.8. The Morgan fingerprint density at radius 2 is 2.05 bits per heavy atom. The average Bonchev–Trinajstić information content (AvgIpc) is 2.64. The summed E-state index contributed by atoms with van der Waals surface area (Å²) in [5, 5.41) is 4.15. The summed E-state index contributed by atoms with van der Waals surface area (Å²) in [6, 6.07) is 4.44. The molecule has 0 unspecified atom stereocenters. The van der Waals surface area contributed by atoms with E-state index in [2.05, 4.69) is 21.0 Å². The van der Waals surface area contributed by atoms with Crippen molar-refractivity contribution in [3.63, 3.8) is 0 Å². The van der Waals surface area contributed by atoms with E-state index in [0.717, 1.165) is 17.8 Å². The van der Waals surface area contributed by atoms with Gasteiger partial charge in [0.1, 0.15) is 0 Å². The lowest BCUT2D eigenvalue weighted by Gasteiger charge is -2.08. The van der Waals surface area contributed by atoms with Gasteiger partial charge in [0, 0.05) is 12.6 Å². The SMILES string of the molecule is Cc1nn(C)c(CC(=O)c2cccc(C(F)(F)F)c2)c1Br. The maximum absolute atomic E-state index is 12.7. The molecule has 0 bridgehead atoms. The fourth-order valence-electron chi connectivity index (χ4n) is 2.00. The van der Waals surface area contributed by atoms with Gasteiger partial charge in [-0.15, -0.1) is 0 Å². The number of halogens is 4. The van der Waals surface area contributed by atoms with Gasteiger partial charge in [-0.25, -0.2) is 0 Å². The van der Waals surface area contributed by atoms with Crippen LogP contribution in [0.1, 0.15) is 27.3 Å². The molecule has 0 aliphatic rings. The second kappa shape index (κ2) is 5.63. The van der Waals surface area contributed by atoms with E-state index < -0.39 is 11.7 Å². The standard InChI is InChI=1S/C14H12BrF3N2O/c1-8-13(15)11(20(2)19-8)7-12(21)9-4-3-5-10(6-9)14(16,17)18/h3-6H,7H2,1-2H3. The Morgan fingerprint density at radius 3 is 2.57 bits per heavy atom. The number of carbonyl (C=O) groups excluding carboxylic acids is 1. The number of alkyl halides is 3. The van der Waals surface area contributed by atoms with E-state index in [-0.39, 0.29) is 17.8 Å². The number of hydrogen-bond acceptors (Lipinski definition) is 2. The van der Waals surface area contributed by atoms with Crippen LogP contribution in [0.2, 0.25) is 0 Å². The molecule has 0 aliphatic carbocycles. The van der Waals surface area contributed by atoms with Gasteiger partial charge in [-0.3, -0.25) is 9.48 Å². The summed E-state index contributed by atoms with van der Waals surface area (Å²) >= 11 is 3.33. The summed E-state index contributed by atoms with van der Waals surface area (Å²) in [6.07, 6.45) is -4.47. The molecule has 0 spiro atoms. The number of hydrogen-bond donors (Lipinski definition) is 0. The number of aromatic nitrogens is 2. The predicted molar refractivity (Wildman–Crippen MR) is 75.1 cm³/mol. The molecule has 0 fully saturated rings. The first-order chi connectivity index (χ1) is 9.70. The molecule has 0 radical (unpaired) electrons. The van der Waals surface area contributed by atoms with Crippen LogP contribution < -0.4 is 0 Å². The van der Waals surface area contributed by atoms with Crippen LogP contribution in [0.15, 0.2) is 28.7 Å². The highest BCUT2D eigenvalue weighted by Crippen LogP contribution is 2.30. The van der Waals surface area contributed by atoms with Crippen molar-refractivity contribution < 1.29 is 18.0 Å². The summed E-state index contributed by atoms with van der Waals surface area (Å²) in [7, 11) is 1.69. The van der Waals surface area contributed by atoms with Crippen molar-refractivity contribution in [3.05, 3.63) is 51.3 Å². The lowest BCUT2D eigenvalue weighted by molar-refractivity contribution is -0.137. The lowest BCUT2D eigenvalue weighted by Crippen LogP contribution is -2.11. The first-order valence-corrected chi connectivity index (χ1v) is 6.88. The zero-order valence-corrected chi connectivity index (χ0v) is 12.9. The van der Waals surface area contributed by atoms with Gasteiger partial charge in [0.2, 0.25) is 0 Å². The van der Waals surface area contributed by atoms with Gasteiger partial charge >= 0.3 is 6.18 Å². The van der Waals surface area contributed by atoms with Crippen LogP contribution in [0.4, 0.5) is 13.2 Å². The number of rotatable bonds is 3. The highest BCUT2D eigenvalue weighted by Gasteiger charge is 2.31. The van der Waals surface area contributed by atoms with E-state index in [9.17, 15) is 18.0 Å². The largest absolute Gasteiger partial charge is 0.416 e. The Hall–Kier alpha value is -1.63. The van der Waals surface area contributed by atoms with Gasteiger partial charge in [0.25, 0.3) is 0 Å². The predicted octanol–water partition coefficient (Wildman–Crippen LogP) is 3.94. The van der Waals surface area contributed by atoms with Crippen LogP contribution in [-0.4, -0.2) is 15.6 Å². The van der Waals surface area contributed by atoms with Crippen molar-refractivity contribution >= 4 is 21.7 Å². The van der Waals surface area contributed by atoms with Crippen LogP contribution in [-0.2, 0) is 19.6 Å². The molecule has 3 nitrogen and oxygen atoms in total. The van der Waals surface area contributed by atoms with Gasteiger partial charge in [-0.2, -0.15) is 18.3 Å². The van der Waals surface area contributed by atoms with Gasteiger partial charge < -0.3 is 0 Å². The molecule has 2 rings (SSSR count). The quantitative estimate of drug-likeness (QED) is 0.777. The minimum Gasteiger partial charge on any atom is -0.294 e. The third kappa shape index (κ3) is 3.34. The number of aryl methyl sites for hydroxylation is 2. The maximum atomic E-state index is 12.7. The van der Waals surface area contributed by atoms with Gasteiger partial charge in [-0.1, -0.05) is 12.1 Å². The molecule has 1 aromatic carbocycles. The van der Waals surface area contributed by atoms with E-state index in [1.165, 1.54) is 12.1 Å². The molecular formula is C14H12BrF3N2O. The molecule has 1 heterocycles. The molecular weight excluding hydrogens is 349 g/mol. The topological polar surface area (TPSA) is 34.9 Å². The van der Waals surface area contributed by atoms with Crippen LogP contribution in [0.5, 0.6) is 0 Å². The average molecular weight is 361 g/mol. The normalized spacial score (nSPS) is 11.7. The molecule has 1 aromatic heterocycles. The van der Waals surface area contributed by atoms with Crippen LogP contribution in [0, 0.1) is 6.92 Å². The third-order valence-electron chi connectivity index (χ3n) is 3.10. The van der Waals surface area contributed by atoms with Crippen LogP contribution in [0.3, 0.4) is 0 Å². The molecule has 2 aromatic rings. The molecule has 0 atom stereocenters. The summed E-state index contributed by atoms with van der Waals surface area (Å²) < 4.78 is 40.2. The lowest BCUT2D eigenvalue weighted by atomic mass is 10.0. The van der Waals surface area contributed by atoms with E-state index in [0.29, 0.717) is 10.2 Å². The Labute approximate surface area is 127 Å². The summed E-state index contributed by atoms with van der Waals surface area (Å²) in [5.41, 5.74) is 0.573. The Morgan fingerprint density at radius 1 is 1.38 bits per heavy atom. The number of nitrogens with zero attached hydrogens (tertiary/aromatic N) is 2. The van der Waals surface area contributed by atoms with Crippen LogP contribution in [0.25, 0.3) is 0 Å². The van der Waals surface area contributed by atoms with E-state index in [1.807, 2.05) is 0 Å². The summed E-state index contributed by atoms with van der Waals surface area (Å²) in [6.45, 7) is 1.78. The summed E-state index contributed by atoms with van der Waals surface area (Å²) in [4.78, 5) is 12.2. The van der Waals surface area contributed by atoms with Crippen molar-refractivity contribution in [2.24, 2.45) is 7.05 Å². The Kier molecular flexibility index (Phi) is 4.22. The Balaban J connectivity index is 2.29. The fraction of sp³-hybridized carbons (Fsp3) is 0.286. The third-order valence-corrected chi connectivity index (χ3v) is 4.13. The van der Waals surface area contributed by atoms with Crippen molar-refractivity contribution in [2.75, 3.05) is 0 Å². The van der Waals surface area contributed by atoms with E-state index >= 15 is 0 Å². The van der Waals surface area contributed by atoms with Crippen molar-refractivity contribution in [3.8, 4) is 0 Å². The zero-order valence-electron chi connectivity index (χ0n) is 11.3. The number of ketones is 1. The van der Waals surface area contributed by atoms with E-state index in [1.54, 1.807) is 18.7 Å². The summed E-state index contributed by atoms with van der Waals surface area (Å²) in [5.74, 6) is -0.384. The highest BCUT2D eigenvalue weighted by atomic mass is 79.9. The first-order valence-electron chi connectivity index (χ1n) is 6.08. The number of benzene rings is 1. The molecule has 0 saturated carbocycles. The molecule has 0 N–H and O–H groups in total. The van der Waals surface area contributed by atoms with Crippen molar-refractivity contribution in [1.29, 1.82) is 0 Å². The second-order valence-electron chi connectivity index (χ2n) is 4.65. The van der Waals surface area contributed by atoms with Gasteiger partial charge in [-0.05, 0) is 35.0 Å². The second-order valence-corrected chi connectivity index (χ2v) is 5.44. The minimum absolute atomic E-state index is 0.0146.